The van der Waals surface area contributed by atoms with E-state index in [0.29, 0.717) is 10.6 Å². The molecule has 0 N–H and O–H groups in total. The third kappa shape index (κ3) is 2.04. The predicted molar refractivity (Wildman–Crippen MR) is 68.7 cm³/mol. The molecule has 1 aromatic heterocycles. The lowest BCUT2D eigenvalue weighted by molar-refractivity contribution is 0.104. The monoisotopic (exact) mass is 250 g/mol. The van der Waals surface area contributed by atoms with E-state index in [1.165, 1.54) is 11.3 Å². The summed E-state index contributed by atoms with van der Waals surface area (Å²) in [7, 11) is 0. The Morgan fingerprint density at radius 2 is 2.00 bits per heavy atom. The highest BCUT2D eigenvalue weighted by Crippen LogP contribution is 2.25. The summed E-state index contributed by atoms with van der Waals surface area (Å²) in [6, 6.07) is 7.46. The normalized spacial score (nSPS) is 10.4. The fraction of sp³-hybridized carbons (Fsp3) is 0.154. The van der Waals surface area contributed by atoms with Gasteiger partial charge in [-0.15, -0.1) is 11.3 Å². The lowest BCUT2D eigenvalue weighted by Crippen LogP contribution is -2.01. The van der Waals surface area contributed by atoms with E-state index in [4.69, 9.17) is 11.6 Å². The molecule has 0 fully saturated rings. The average Bonchev–Trinajstić information content (AvgIpc) is 2.63. The minimum atomic E-state index is 0.0116. The molecule has 1 nitrogen and oxygen atoms in total. The summed E-state index contributed by atoms with van der Waals surface area (Å²) in [4.78, 5) is 13.0. The molecule has 0 saturated carbocycles. The molecule has 2 rings (SSSR count). The number of hydrogen-bond donors (Lipinski definition) is 0. The van der Waals surface area contributed by atoms with Crippen molar-refractivity contribution in [1.29, 1.82) is 0 Å². The van der Waals surface area contributed by atoms with Gasteiger partial charge in [0, 0.05) is 5.56 Å². The summed E-state index contributed by atoms with van der Waals surface area (Å²) in [6.07, 6.45) is 0. The number of aryl methyl sites for hydroxylation is 2. The van der Waals surface area contributed by atoms with E-state index in [2.05, 4.69) is 0 Å². The van der Waals surface area contributed by atoms with Gasteiger partial charge in [0.2, 0.25) is 5.78 Å². The fourth-order valence-electron chi connectivity index (χ4n) is 1.53. The van der Waals surface area contributed by atoms with Gasteiger partial charge in [0.1, 0.15) is 0 Å². The van der Waals surface area contributed by atoms with Crippen molar-refractivity contribution in [1.82, 2.24) is 0 Å². The van der Waals surface area contributed by atoms with E-state index >= 15 is 0 Å². The van der Waals surface area contributed by atoms with Gasteiger partial charge < -0.3 is 0 Å². The van der Waals surface area contributed by atoms with Crippen LogP contribution in [-0.4, -0.2) is 5.78 Å². The fourth-order valence-corrected chi connectivity index (χ4v) is 2.73. The van der Waals surface area contributed by atoms with Crippen LogP contribution in [-0.2, 0) is 0 Å². The maximum Gasteiger partial charge on any atom is 0.204 e. The second-order valence-electron chi connectivity index (χ2n) is 3.75. The summed E-state index contributed by atoms with van der Waals surface area (Å²) in [5, 5.41) is 2.45. The molecule has 0 saturated heterocycles. The molecule has 0 aliphatic heterocycles. The third-order valence-corrected chi connectivity index (χ3v) is 3.77. The van der Waals surface area contributed by atoms with Gasteiger partial charge in [-0.05, 0) is 48.6 Å². The molecular formula is C13H11ClOS. The van der Waals surface area contributed by atoms with Crippen LogP contribution in [0.2, 0.25) is 5.02 Å². The van der Waals surface area contributed by atoms with Crippen molar-refractivity contribution in [2.24, 2.45) is 0 Å². The molecule has 0 unspecified atom stereocenters. The molecule has 0 spiro atoms. The van der Waals surface area contributed by atoms with Crippen molar-refractivity contribution >= 4 is 28.7 Å². The molecule has 0 bridgehead atoms. The van der Waals surface area contributed by atoms with Crippen LogP contribution in [0.15, 0.2) is 29.6 Å². The molecule has 1 aromatic carbocycles. The van der Waals surface area contributed by atoms with E-state index < -0.39 is 0 Å². The Bertz CT molecular complexity index is 543. The Hall–Kier alpha value is -1.12. The third-order valence-electron chi connectivity index (χ3n) is 2.44. The predicted octanol–water partition coefficient (Wildman–Crippen LogP) is 4.25. The van der Waals surface area contributed by atoms with Gasteiger partial charge in [-0.1, -0.05) is 17.7 Å². The molecule has 0 aliphatic rings. The molecule has 0 amide bonds. The zero-order valence-corrected chi connectivity index (χ0v) is 10.7. The minimum Gasteiger partial charge on any atom is -0.288 e. The highest BCUT2D eigenvalue weighted by molar-refractivity contribution is 7.12. The smallest absolute Gasteiger partial charge is 0.204 e. The quantitative estimate of drug-likeness (QED) is 0.729. The molecule has 16 heavy (non-hydrogen) atoms. The van der Waals surface area contributed by atoms with Crippen LogP contribution >= 0.6 is 22.9 Å². The van der Waals surface area contributed by atoms with Crippen molar-refractivity contribution in [3.63, 3.8) is 0 Å². The first kappa shape index (κ1) is 11.4. The topological polar surface area (TPSA) is 17.1 Å². The van der Waals surface area contributed by atoms with Gasteiger partial charge in [-0.3, -0.25) is 4.79 Å². The first-order valence-electron chi connectivity index (χ1n) is 4.94. The Morgan fingerprint density at radius 1 is 1.25 bits per heavy atom. The number of thiophene rings is 1. The van der Waals surface area contributed by atoms with Crippen molar-refractivity contribution in [3.8, 4) is 0 Å². The molecular weight excluding hydrogens is 240 g/mol. The Labute approximate surface area is 104 Å². The lowest BCUT2D eigenvalue weighted by Gasteiger charge is -2.03. The molecule has 0 aliphatic carbocycles. The molecule has 0 radical (unpaired) electrons. The Morgan fingerprint density at radius 3 is 2.56 bits per heavy atom. The van der Waals surface area contributed by atoms with E-state index in [0.717, 1.165) is 16.0 Å². The molecule has 1 heterocycles. The number of rotatable bonds is 2. The standard InChI is InChI=1S/C13H11ClOS/c1-8-3-4-10(11(14)7-8)12(15)13-9(2)5-6-16-13/h3-7H,1-2H3. The largest absolute Gasteiger partial charge is 0.288 e. The van der Waals surface area contributed by atoms with Gasteiger partial charge in [0.05, 0.1) is 9.90 Å². The minimum absolute atomic E-state index is 0.0116. The van der Waals surface area contributed by atoms with Crippen LogP contribution in [0.5, 0.6) is 0 Å². The van der Waals surface area contributed by atoms with Gasteiger partial charge in [0.15, 0.2) is 0 Å². The molecule has 2 aromatic rings. The molecule has 3 heteroatoms. The zero-order valence-electron chi connectivity index (χ0n) is 9.08. The highest BCUT2D eigenvalue weighted by atomic mass is 35.5. The number of carbonyl (C=O) groups excluding carboxylic acids is 1. The van der Waals surface area contributed by atoms with Crippen LogP contribution in [0.25, 0.3) is 0 Å². The maximum absolute atomic E-state index is 12.2. The molecule has 82 valence electrons. The van der Waals surface area contributed by atoms with Crippen molar-refractivity contribution in [3.05, 3.63) is 56.2 Å². The summed E-state index contributed by atoms with van der Waals surface area (Å²) in [5.41, 5.74) is 2.65. The van der Waals surface area contributed by atoms with E-state index in [1.807, 2.05) is 37.4 Å². The zero-order chi connectivity index (χ0) is 11.7. The SMILES string of the molecule is Cc1ccc(C(=O)c2sccc2C)c(Cl)c1. The van der Waals surface area contributed by atoms with Crippen LogP contribution in [0, 0.1) is 13.8 Å². The number of benzene rings is 1. The van der Waals surface area contributed by atoms with Crippen LogP contribution in [0.4, 0.5) is 0 Å². The van der Waals surface area contributed by atoms with E-state index in [9.17, 15) is 4.79 Å². The Balaban J connectivity index is 2.46. The number of carbonyl (C=O) groups is 1. The van der Waals surface area contributed by atoms with E-state index in [1.54, 1.807) is 6.07 Å². The number of hydrogen-bond acceptors (Lipinski definition) is 2. The summed E-state index contributed by atoms with van der Waals surface area (Å²) < 4.78 is 0. The number of halogens is 1. The van der Waals surface area contributed by atoms with Crippen LogP contribution in [0.3, 0.4) is 0 Å². The van der Waals surface area contributed by atoms with Gasteiger partial charge >= 0.3 is 0 Å². The van der Waals surface area contributed by atoms with Crippen molar-refractivity contribution < 1.29 is 4.79 Å². The summed E-state index contributed by atoms with van der Waals surface area (Å²) >= 11 is 7.53. The van der Waals surface area contributed by atoms with Gasteiger partial charge in [0.25, 0.3) is 0 Å². The maximum atomic E-state index is 12.2. The first-order chi connectivity index (χ1) is 7.59. The molecule has 0 atom stereocenters. The second-order valence-corrected chi connectivity index (χ2v) is 5.07. The van der Waals surface area contributed by atoms with Crippen molar-refractivity contribution in [2.75, 3.05) is 0 Å². The highest BCUT2D eigenvalue weighted by Gasteiger charge is 2.15. The van der Waals surface area contributed by atoms with Crippen molar-refractivity contribution in [2.45, 2.75) is 13.8 Å². The van der Waals surface area contributed by atoms with Crippen LogP contribution in [0.1, 0.15) is 26.4 Å². The average molecular weight is 251 g/mol. The second kappa shape index (κ2) is 4.40. The Kier molecular flexibility index (Phi) is 3.13. The van der Waals surface area contributed by atoms with Crippen LogP contribution < -0.4 is 0 Å². The van der Waals surface area contributed by atoms with Gasteiger partial charge in [-0.25, -0.2) is 0 Å². The van der Waals surface area contributed by atoms with E-state index in [-0.39, 0.29) is 5.78 Å². The summed E-state index contributed by atoms with van der Waals surface area (Å²) in [6.45, 7) is 3.89. The number of ketones is 1. The summed E-state index contributed by atoms with van der Waals surface area (Å²) in [5.74, 6) is 0.0116. The first-order valence-corrected chi connectivity index (χ1v) is 6.20. The lowest BCUT2D eigenvalue weighted by atomic mass is 10.1. The van der Waals surface area contributed by atoms with Gasteiger partial charge in [-0.2, -0.15) is 0 Å².